The van der Waals surface area contributed by atoms with Gasteiger partial charge < -0.3 is 68.3 Å². The van der Waals surface area contributed by atoms with E-state index in [4.69, 9.17) is 44.1 Å². The van der Waals surface area contributed by atoms with Crippen molar-refractivity contribution in [3.8, 4) is 0 Å². The Morgan fingerprint density at radius 2 is 1.10 bits per heavy atom. The zero-order chi connectivity index (χ0) is 44.2. The molecular weight excluding hydrogens is 951 g/mol. The molecule has 6 rings (SSSR count). The molecule has 0 aliphatic carbocycles. The number of aliphatic hydroxyl groups is 4. The maximum Gasteiger partial charge on any atom is 2.00 e. The van der Waals surface area contributed by atoms with Crippen LogP contribution in [0.25, 0.3) is 22.3 Å². The smallest absolute Gasteiger partial charge is 1.00 e. The van der Waals surface area contributed by atoms with Crippen molar-refractivity contribution in [1.82, 2.24) is 39.0 Å². The number of aromatic nitrogens is 8. The van der Waals surface area contributed by atoms with Gasteiger partial charge in [0.1, 0.15) is 60.3 Å². The minimum atomic E-state index is -6.53. The zero-order valence-electron chi connectivity index (χ0n) is 32.2. The molecule has 2 fully saturated rings. The topological polar surface area (TPSA) is 487 Å². The van der Waals surface area contributed by atoms with Gasteiger partial charge in [-0.15, -0.1) is 0 Å². The fourth-order valence-electron chi connectivity index (χ4n) is 5.47. The van der Waals surface area contributed by atoms with Crippen LogP contribution < -0.4 is 11.5 Å². The number of phosphoric acid groups is 5. The molecule has 39 heteroatoms. The SMILES string of the molecule is CC(=O)OP(=O)(OP(=O)(O)OP(=O)(O)OP(=O)(O)O)OP(=O)(OC[C@H]1O[C@@H](n2cnc3c(N)ncnc32)C(O)C1O)OC[C@H]1O[C@@H](n2cnc3c(N)ncnc32)C(O)C1O.[H-].[H-].[Mg+2]. The molecule has 336 valence electrons. The van der Waals surface area contributed by atoms with E-state index in [1.54, 1.807) is 0 Å². The van der Waals surface area contributed by atoms with E-state index < -0.39 is 107 Å². The van der Waals surface area contributed by atoms with Crippen LogP contribution in [0.3, 0.4) is 0 Å². The Hall–Kier alpha value is -2.55. The zero-order valence-corrected chi connectivity index (χ0v) is 36.1. The van der Waals surface area contributed by atoms with Gasteiger partial charge in [-0.3, -0.25) is 23.0 Å². The van der Waals surface area contributed by atoms with Gasteiger partial charge in [0.15, 0.2) is 35.4 Å². The molecule has 33 nitrogen and oxygen atoms in total. The average Bonchev–Trinajstić information content (AvgIpc) is 3.86. The number of nitrogens with zero attached hydrogens (tertiary/aromatic N) is 8. The van der Waals surface area contributed by atoms with Crippen molar-refractivity contribution in [2.24, 2.45) is 0 Å². The molecule has 2 saturated heterocycles. The number of nitrogen functional groups attached to an aromatic ring is 2. The molecule has 7 unspecified atom stereocenters. The third kappa shape index (κ3) is 11.4. The second kappa shape index (κ2) is 18.5. The van der Waals surface area contributed by atoms with Gasteiger partial charge in [-0.25, -0.2) is 52.7 Å². The summed E-state index contributed by atoms with van der Waals surface area (Å²) in [4.78, 5) is 72.7. The number of fused-ring (bicyclic) bond motifs is 2. The predicted octanol–water partition coefficient (Wildman–Crippen LogP) is -1.91. The molecule has 0 saturated carbocycles. The summed E-state index contributed by atoms with van der Waals surface area (Å²) in [7, 11) is -31.1. The van der Waals surface area contributed by atoms with Gasteiger partial charge in [0.2, 0.25) is 0 Å². The van der Waals surface area contributed by atoms with Crippen molar-refractivity contribution in [3.05, 3.63) is 25.3 Å². The summed E-state index contributed by atoms with van der Waals surface area (Å²) < 4.78 is 108. The van der Waals surface area contributed by atoms with Gasteiger partial charge >= 0.3 is 68.1 Å². The van der Waals surface area contributed by atoms with E-state index in [-0.39, 0.29) is 59.9 Å². The molecule has 4 aromatic heterocycles. The van der Waals surface area contributed by atoms with Gasteiger partial charge in [0.25, 0.3) is 0 Å². The van der Waals surface area contributed by atoms with E-state index in [0.29, 0.717) is 6.92 Å². The first kappa shape index (κ1) is 49.5. The maximum atomic E-state index is 14.3. The molecule has 61 heavy (non-hydrogen) atoms. The molecule has 2 aliphatic heterocycles. The fourth-order valence-corrected chi connectivity index (χ4v) is 12.4. The summed E-state index contributed by atoms with van der Waals surface area (Å²) in [5.41, 5.74) is 11.7. The third-order valence-corrected chi connectivity index (χ3v) is 15.8. The summed E-state index contributed by atoms with van der Waals surface area (Å²) in [6, 6.07) is 0. The number of carbonyl (C=O) groups excluding carboxylic acids is 1. The van der Waals surface area contributed by atoms with E-state index in [9.17, 15) is 57.8 Å². The summed E-state index contributed by atoms with van der Waals surface area (Å²) >= 11 is 0. The second-order valence-corrected chi connectivity index (χ2v) is 20.0. The number of ether oxygens (including phenoxy) is 2. The summed E-state index contributed by atoms with van der Waals surface area (Å²) in [6.07, 6.45) is -9.75. The quantitative estimate of drug-likeness (QED) is 0.0407. The van der Waals surface area contributed by atoms with Crippen molar-refractivity contribution < 1.29 is 111 Å². The van der Waals surface area contributed by atoms with Gasteiger partial charge in [-0.2, -0.15) is 17.2 Å². The number of imidazole rings is 2. The van der Waals surface area contributed by atoms with Crippen molar-refractivity contribution in [2.45, 2.75) is 56.0 Å². The first-order valence-electron chi connectivity index (χ1n) is 15.9. The normalized spacial score (nSPS) is 28.4. The van der Waals surface area contributed by atoms with Gasteiger partial charge in [-0.05, 0) is 0 Å². The molecular formula is C22H33MgN10O23P5. The van der Waals surface area contributed by atoms with Crippen LogP contribution in [0.4, 0.5) is 11.6 Å². The maximum absolute atomic E-state index is 14.3. The number of hydrogen-bond acceptors (Lipinski definition) is 27. The minimum absolute atomic E-state index is 0. The summed E-state index contributed by atoms with van der Waals surface area (Å²) in [6.45, 7) is -1.95. The van der Waals surface area contributed by atoms with Crippen molar-refractivity contribution >= 4 is 102 Å². The van der Waals surface area contributed by atoms with Gasteiger partial charge in [0.05, 0.1) is 25.9 Å². The first-order valence-corrected chi connectivity index (χ1v) is 23.4. The molecule has 2 aliphatic rings. The van der Waals surface area contributed by atoms with Crippen LogP contribution in [-0.4, -0.2) is 158 Å². The van der Waals surface area contributed by atoms with Crippen LogP contribution in [-0.2, 0) is 67.9 Å². The number of anilines is 2. The first-order chi connectivity index (χ1) is 27.8. The molecule has 0 bridgehead atoms. The molecule has 6 heterocycles. The molecule has 11 atom stereocenters. The Labute approximate surface area is 357 Å². The number of carbonyl (C=O) groups is 1. The van der Waals surface area contributed by atoms with Crippen LogP contribution in [0.5, 0.6) is 0 Å². The average molecular weight is 985 g/mol. The van der Waals surface area contributed by atoms with Crippen molar-refractivity contribution in [2.75, 3.05) is 24.7 Å². The molecule has 0 spiro atoms. The number of phosphoric ester groups is 1. The Bertz CT molecular complexity index is 2410. The summed E-state index contributed by atoms with van der Waals surface area (Å²) in [5, 5.41) is 43.4. The largest absolute Gasteiger partial charge is 2.00 e. The number of nitrogens with two attached hydrogens (primary N) is 2. The van der Waals surface area contributed by atoms with Crippen LogP contribution >= 0.6 is 39.1 Å². The molecule has 0 aromatic carbocycles. The van der Waals surface area contributed by atoms with E-state index in [0.717, 1.165) is 34.4 Å². The molecule has 0 amide bonds. The van der Waals surface area contributed by atoms with E-state index in [1.807, 2.05) is 0 Å². The summed E-state index contributed by atoms with van der Waals surface area (Å²) in [5.74, 6) is -1.84. The minimum Gasteiger partial charge on any atom is -1.00 e. The van der Waals surface area contributed by atoms with E-state index >= 15 is 0 Å². The molecule has 4 aromatic rings. The van der Waals surface area contributed by atoms with E-state index in [2.05, 4.69) is 47.4 Å². The second-order valence-electron chi connectivity index (χ2n) is 12.1. The molecule has 12 N–H and O–H groups in total. The Kier molecular flexibility index (Phi) is 15.0. The number of rotatable bonds is 17. The van der Waals surface area contributed by atoms with Gasteiger partial charge in [-0.1, -0.05) is 0 Å². The Balaban J connectivity index is 0.00000352. The Morgan fingerprint density at radius 3 is 1.51 bits per heavy atom. The van der Waals surface area contributed by atoms with Crippen LogP contribution in [0.1, 0.15) is 22.2 Å². The van der Waals surface area contributed by atoms with Crippen molar-refractivity contribution in [1.29, 1.82) is 0 Å². The number of aliphatic hydroxyl groups excluding tert-OH is 4. The predicted molar refractivity (Wildman–Crippen MR) is 194 cm³/mol. The van der Waals surface area contributed by atoms with Crippen LogP contribution in [0.15, 0.2) is 25.3 Å². The van der Waals surface area contributed by atoms with Crippen molar-refractivity contribution in [3.63, 3.8) is 0 Å². The van der Waals surface area contributed by atoms with Crippen LogP contribution in [0.2, 0.25) is 0 Å². The monoisotopic (exact) mass is 984 g/mol. The standard InChI is InChI=1S/C22H31N10O23P5.Mg.2H/c1-8(33)51-60(46,54-58(43,44)53-57(41,42)52-56(38,39)40)55-59(45,47-2-9-13(34)15(36)21(49-9)31-6-29-11-17(23)25-4-27-19(11)31)48-3-10-14(35)16(37)22(50-10)32-7-30-12-18(24)26-5-28-20(12)32;;;/h4-7,9-10,13-16,21-22,34-37H,2-3H2,1H3,(H,41,42)(H,43,44)(H2,23,25,27)(H2,24,26,28)(H2,38,39,40);;;/q;+2;2*-1/t9-,10-,13?,14?,15?,16?,21-,22-,59?,60?;;;/m1.../s1. The van der Waals surface area contributed by atoms with Crippen LogP contribution in [0, 0.1) is 0 Å². The van der Waals surface area contributed by atoms with E-state index in [1.165, 1.54) is 0 Å². The fraction of sp³-hybridized carbons (Fsp3) is 0.500. The Morgan fingerprint density at radius 1 is 0.672 bits per heavy atom. The number of hydrogen-bond donors (Lipinski definition) is 10. The third-order valence-electron chi connectivity index (χ3n) is 7.85. The molecule has 0 radical (unpaired) electrons. The van der Waals surface area contributed by atoms with Gasteiger partial charge in [0, 0.05) is 6.92 Å².